The average Bonchev–Trinajstić information content (AvgIpc) is 2.94. The third-order valence-electron chi connectivity index (χ3n) is 3.10. The average molecular weight is 483 g/mol. The largest absolute Gasteiger partial charge is 0.466 e. The topological polar surface area (TPSA) is 118 Å². The van der Waals surface area contributed by atoms with Gasteiger partial charge in [-0.1, -0.05) is 22.0 Å². The zero-order valence-corrected chi connectivity index (χ0v) is 18.5. The van der Waals surface area contributed by atoms with Gasteiger partial charge in [-0.05, 0) is 44.7 Å². The Hall–Kier alpha value is -2.66. The molecule has 9 nitrogen and oxygen atoms in total. The van der Waals surface area contributed by atoms with Gasteiger partial charge in [0.15, 0.2) is 5.17 Å². The molecular weight excluding hydrogens is 464 g/mol. The molecule has 0 atom stereocenters. The maximum absolute atomic E-state index is 12.0. The van der Waals surface area contributed by atoms with Crippen LogP contribution in [0.4, 0.5) is 10.5 Å². The summed E-state index contributed by atoms with van der Waals surface area (Å²) in [5.41, 5.74) is 0.402. The number of carbonyl (C=O) groups is 3. The van der Waals surface area contributed by atoms with Crippen LogP contribution in [0, 0.1) is 0 Å². The van der Waals surface area contributed by atoms with Crippen molar-refractivity contribution in [2.45, 2.75) is 26.4 Å². The van der Waals surface area contributed by atoms with Gasteiger partial charge in [0, 0.05) is 16.1 Å². The highest BCUT2D eigenvalue weighted by Crippen LogP contribution is 2.24. The van der Waals surface area contributed by atoms with Gasteiger partial charge in [-0.15, -0.1) is 5.10 Å². The number of ether oxygens (including phenoxy) is 2. The van der Waals surface area contributed by atoms with Gasteiger partial charge in [0.05, 0.1) is 23.9 Å². The number of thioether (sulfide) groups is 1. The fourth-order valence-corrected chi connectivity index (χ4v) is 3.05. The third-order valence-corrected chi connectivity index (χ3v) is 4.49. The number of anilines is 1. The van der Waals surface area contributed by atoms with Crippen LogP contribution in [-0.2, 0) is 19.1 Å². The van der Waals surface area contributed by atoms with E-state index in [2.05, 4.69) is 41.5 Å². The number of esters is 1. The van der Waals surface area contributed by atoms with Crippen LogP contribution < -0.4 is 10.6 Å². The van der Waals surface area contributed by atoms with Crippen molar-refractivity contribution in [3.8, 4) is 0 Å². The molecule has 11 heteroatoms. The number of amides is 2. The second kappa shape index (κ2) is 9.70. The summed E-state index contributed by atoms with van der Waals surface area (Å²) >= 11 is 4.31. The van der Waals surface area contributed by atoms with E-state index in [0.717, 1.165) is 22.3 Å². The van der Waals surface area contributed by atoms with E-state index in [0.29, 0.717) is 11.3 Å². The molecule has 1 aliphatic heterocycles. The van der Waals surface area contributed by atoms with Crippen LogP contribution in [0.3, 0.4) is 0 Å². The normalized spacial score (nSPS) is 16.9. The first-order chi connectivity index (χ1) is 13.6. The van der Waals surface area contributed by atoms with Gasteiger partial charge in [0.1, 0.15) is 5.60 Å². The lowest BCUT2D eigenvalue weighted by Crippen LogP contribution is -2.27. The van der Waals surface area contributed by atoms with Crippen molar-refractivity contribution in [3.63, 3.8) is 0 Å². The summed E-state index contributed by atoms with van der Waals surface area (Å²) < 4.78 is 10.5. The molecule has 0 unspecified atom stereocenters. The van der Waals surface area contributed by atoms with E-state index >= 15 is 0 Å². The molecule has 0 aliphatic carbocycles. The van der Waals surface area contributed by atoms with Crippen LogP contribution in [0.5, 0.6) is 0 Å². The van der Waals surface area contributed by atoms with Crippen molar-refractivity contribution in [2.75, 3.05) is 12.4 Å². The Balaban J connectivity index is 2.14. The van der Waals surface area contributed by atoms with Gasteiger partial charge in [-0.2, -0.15) is 5.10 Å². The first kappa shape index (κ1) is 22.6. The molecule has 1 fully saturated rings. The van der Waals surface area contributed by atoms with Gasteiger partial charge in [0.2, 0.25) is 0 Å². The molecule has 2 N–H and O–H groups in total. The van der Waals surface area contributed by atoms with Gasteiger partial charge >= 0.3 is 12.1 Å². The zero-order chi connectivity index (χ0) is 21.6. The first-order valence-electron chi connectivity index (χ1n) is 8.27. The van der Waals surface area contributed by atoms with Crippen LogP contribution in [0.15, 0.2) is 43.9 Å². The lowest BCUT2D eigenvalue weighted by atomic mass is 10.2. The SMILES string of the molecule is COC(=O)/C=C1/S/C(=N\N=Cc2ccc(Br)cc2NC(=O)OC(C)(C)C)NC1=O. The highest BCUT2D eigenvalue weighted by molar-refractivity contribution is 9.10. The molecule has 0 saturated carbocycles. The van der Waals surface area contributed by atoms with Crippen molar-refractivity contribution >= 4 is 62.7 Å². The van der Waals surface area contributed by atoms with E-state index in [-0.39, 0.29) is 10.1 Å². The Kier molecular flexibility index (Phi) is 7.57. The van der Waals surface area contributed by atoms with Crippen LogP contribution in [-0.4, -0.2) is 42.1 Å². The Labute approximate surface area is 180 Å². The number of carbonyl (C=O) groups excluding carboxylic acids is 3. The number of rotatable bonds is 4. The van der Waals surface area contributed by atoms with Crippen molar-refractivity contribution in [3.05, 3.63) is 39.2 Å². The predicted molar refractivity (Wildman–Crippen MR) is 115 cm³/mol. The molecule has 2 amide bonds. The number of methoxy groups -OCH3 is 1. The van der Waals surface area contributed by atoms with E-state index < -0.39 is 23.6 Å². The lowest BCUT2D eigenvalue weighted by molar-refractivity contribution is -0.135. The summed E-state index contributed by atoms with van der Waals surface area (Å²) in [6.07, 6.45) is 1.89. The van der Waals surface area contributed by atoms with E-state index in [4.69, 9.17) is 4.74 Å². The number of amidine groups is 1. The summed E-state index contributed by atoms with van der Waals surface area (Å²) in [5, 5.41) is 13.2. The Morgan fingerprint density at radius 1 is 1.31 bits per heavy atom. The molecule has 1 aromatic carbocycles. The van der Waals surface area contributed by atoms with Crippen LogP contribution in [0.25, 0.3) is 0 Å². The molecular formula is C18H19BrN4O5S. The number of nitrogens with zero attached hydrogens (tertiary/aromatic N) is 2. The van der Waals surface area contributed by atoms with Gasteiger partial charge in [-0.25, -0.2) is 9.59 Å². The number of hydrogen-bond acceptors (Lipinski definition) is 8. The van der Waals surface area contributed by atoms with E-state index in [1.54, 1.807) is 39.0 Å². The third kappa shape index (κ3) is 7.35. The lowest BCUT2D eigenvalue weighted by Gasteiger charge is -2.20. The monoisotopic (exact) mass is 482 g/mol. The summed E-state index contributed by atoms with van der Waals surface area (Å²) in [7, 11) is 1.22. The molecule has 154 valence electrons. The molecule has 1 saturated heterocycles. The van der Waals surface area contributed by atoms with Crippen molar-refractivity contribution < 1.29 is 23.9 Å². The fraction of sp³-hybridized carbons (Fsp3) is 0.278. The number of benzene rings is 1. The second-order valence-corrected chi connectivity index (χ2v) is 8.54. The number of halogens is 1. The molecule has 1 aromatic rings. The number of hydrogen-bond donors (Lipinski definition) is 2. The van der Waals surface area contributed by atoms with E-state index in [1.807, 2.05) is 0 Å². The standard InChI is InChI=1S/C18H19BrN4O5S/c1-18(2,3)28-17(26)21-12-7-11(19)6-5-10(12)9-20-23-16-22-15(25)13(29-16)8-14(24)27-4/h5-9H,1-4H3,(H,21,26)(H,22,23,25)/b13-8+,20-9?. The Morgan fingerprint density at radius 2 is 2.03 bits per heavy atom. The maximum atomic E-state index is 12.0. The quantitative estimate of drug-likeness (QED) is 0.293. The molecule has 0 bridgehead atoms. The van der Waals surface area contributed by atoms with E-state index in [1.165, 1.54) is 13.3 Å². The van der Waals surface area contributed by atoms with Gasteiger partial charge in [0.25, 0.3) is 5.91 Å². The summed E-state index contributed by atoms with van der Waals surface area (Å²) in [6.45, 7) is 5.30. The predicted octanol–water partition coefficient (Wildman–Crippen LogP) is 3.41. The molecule has 2 rings (SSSR count). The fourth-order valence-electron chi connectivity index (χ4n) is 1.95. The highest BCUT2D eigenvalue weighted by Gasteiger charge is 2.25. The van der Waals surface area contributed by atoms with Gasteiger partial charge in [-0.3, -0.25) is 15.4 Å². The maximum Gasteiger partial charge on any atom is 0.412 e. The molecule has 1 heterocycles. The van der Waals surface area contributed by atoms with Crippen molar-refractivity contribution in [2.24, 2.45) is 10.2 Å². The van der Waals surface area contributed by atoms with Crippen molar-refractivity contribution in [1.82, 2.24) is 5.32 Å². The smallest absolute Gasteiger partial charge is 0.412 e. The minimum Gasteiger partial charge on any atom is -0.466 e. The molecule has 29 heavy (non-hydrogen) atoms. The summed E-state index contributed by atoms with van der Waals surface area (Å²) in [4.78, 5) is 35.2. The molecule has 1 aliphatic rings. The van der Waals surface area contributed by atoms with E-state index in [9.17, 15) is 14.4 Å². The molecule has 0 radical (unpaired) electrons. The minimum atomic E-state index is -0.639. The minimum absolute atomic E-state index is 0.154. The number of nitrogens with one attached hydrogen (secondary N) is 2. The van der Waals surface area contributed by atoms with Crippen LogP contribution >= 0.6 is 27.7 Å². The zero-order valence-electron chi connectivity index (χ0n) is 16.1. The second-order valence-electron chi connectivity index (χ2n) is 6.60. The highest BCUT2D eigenvalue weighted by atomic mass is 79.9. The summed E-state index contributed by atoms with van der Waals surface area (Å²) in [6, 6.07) is 5.20. The Bertz CT molecular complexity index is 921. The van der Waals surface area contributed by atoms with Crippen LogP contribution in [0.1, 0.15) is 26.3 Å². The van der Waals surface area contributed by atoms with Crippen molar-refractivity contribution in [1.29, 1.82) is 0 Å². The Morgan fingerprint density at radius 3 is 2.69 bits per heavy atom. The van der Waals surface area contributed by atoms with Crippen LogP contribution in [0.2, 0.25) is 0 Å². The molecule has 0 spiro atoms. The first-order valence-corrected chi connectivity index (χ1v) is 9.88. The molecule has 0 aromatic heterocycles. The van der Waals surface area contributed by atoms with Gasteiger partial charge < -0.3 is 9.47 Å². The summed E-state index contributed by atoms with van der Waals surface area (Å²) in [5.74, 6) is -1.11.